The number of hydrogen-bond donors (Lipinski definition) is 3. The van der Waals surface area contributed by atoms with Gasteiger partial charge in [0, 0.05) is 13.0 Å². The summed E-state index contributed by atoms with van der Waals surface area (Å²) >= 11 is 0. The molecule has 0 aromatic heterocycles. The van der Waals surface area contributed by atoms with Gasteiger partial charge in [-0.3, -0.25) is 14.4 Å². The maximum absolute atomic E-state index is 11.8. The van der Waals surface area contributed by atoms with E-state index < -0.39 is 17.8 Å². The Labute approximate surface area is 106 Å². The first kappa shape index (κ1) is 14.5. The van der Waals surface area contributed by atoms with Crippen molar-refractivity contribution in [3.63, 3.8) is 0 Å². The second kappa shape index (κ2) is 6.98. The molecule has 2 atom stereocenters. The van der Waals surface area contributed by atoms with Crippen molar-refractivity contribution in [1.29, 1.82) is 0 Å². The second-order valence-corrected chi connectivity index (χ2v) is 4.70. The average Bonchev–Trinajstić information content (AvgIpc) is 2.76. The lowest BCUT2D eigenvalue weighted by atomic mass is 9.95. The molecule has 0 radical (unpaired) electrons. The SMILES string of the molecule is NC(=O)CCCCNC(=O)C1CCCC1C(=O)O. The van der Waals surface area contributed by atoms with Gasteiger partial charge >= 0.3 is 5.97 Å². The summed E-state index contributed by atoms with van der Waals surface area (Å²) < 4.78 is 0. The highest BCUT2D eigenvalue weighted by Gasteiger charge is 2.37. The first-order chi connectivity index (χ1) is 8.52. The lowest BCUT2D eigenvalue weighted by Crippen LogP contribution is -2.35. The van der Waals surface area contributed by atoms with E-state index in [0.717, 1.165) is 6.42 Å². The number of carbonyl (C=O) groups excluding carboxylic acids is 2. The van der Waals surface area contributed by atoms with Crippen LogP contribution in [0.4, 0.5) is 0 Å². The molecule has 2 amide bonds. The third-order valence-corrected chi connectivity index (χ3v) is 3.32. The monoisotopic (exact) mass is 256 g/mol. The minimum atomic E-state index is -0.888. The number of aliphatic carboxylic acids is 1. The van der Waals surface area contributed by atoms with Gasteiger partial charge in [-0.2, -0.15) is 0 Å². The first-order valence-electron chi connectivity index (χ1n) is 6.31. The van der Waals surface area contributed by atoms with Gasteiger partial charge < -0.3 is 16.2 Å². The molecule has 102 valence electrons. The van der Waals surface area contributed by atoms with Crippen molar-refractivity contribution in [2.75, 3.05) is 6.54 Å². The highest BCUT2D eigenvalue weighted by Crippen LogP contribution is 2.31. The van der Waals surface area contributed by atoms with E-state index in [1.165, 1.54) is 0 Å². The Morgan fingerprint density at radius 1 is 1.17 bits per heavy atom. The van der Waals surface area contributed by atoms with Gasteiger partial charge in [-0.1, -0.05) is 6.42 Å². The normalized spacial score (nSPS) is 22.7. The van der Waals surface area contributed by atoms with Crippen LogP contribution in [0, 0.1) is 11.8 Å². The Kier molecular flexibility index (Phi) is 5.61. The van der Waals surface area contributed by atoms with Crippen LogP contribution in [0.3, 0.4) is 0 Å². The van der Waals surface area contributed by atoms with Gasteiger partial charge in [0.2, 0.25) is 11.8 Å². The standard InChI is InChI=1S/C12H20N2O4/c13-10(15)6-1-2-7-14-11(16)8-4-3-5-9(8)12(17)18/h8-9H,1-7H2,(H2,13,15)(H,14,16)(H,17,18). The minimum absolute atomic E-state index is 0.182. The molecule has 18 heavy (non-hydrogen) atoms. The predicted molar refractivity (Wildman–Crippen MR) is 64.5 cm³/mol. The number of amides is 2. The number of carboxylic acid groups (broad SMARTS) is 1. The fourth-order valence-corrected chi connectivity index (χ4v) is 2.34. The van der Waals surface area contributed by atoms with Crippen LogP contribution in [-0.2, 0) is 14.4 Å². The van der Waals surface area contributed by atoms with Crippen molar-refractivity contribution in [1.82, 2.24) is 5.32 Å². The highest BCUT2D eigenvalue weighted by atomic mass is 16.4. The average molecular weight is 256 g/mol. The maximum atomic E-state index is 11.8. The predicted octanol–water partition coefficient (Wildman–Crippen LogP) is 0.259. The number of hydrogen-bond acceptors (Lipinski definition) is 3. The molecular formula is C12H20N2O4. The Morgan fingerprint density at radius 3 is 2.44 bits per heavy atom. The molecule has 1 saturated carbocycles. The summed E-state index contributed by atoms with van der Waals surface area (Å²) in [4.78, 5) is 33.2. The van der Waals surface area contributed by atoms with Gasteiger partial charge in [-0.15, -0.1) is 0 Å². The fraction of sp³-hybridized carbons (Fsp3) is 0.750. The van der Waals surface area contributed by atoms with Crippen LogP contribution in [0.25, 0.3) is 0 Å². The molecule has 0 bridgehead atoms. The summed E-state index contributed by atoms with van der Waals surface area (Å²) in [5.74, 6) is -2.36. The molecule has 4 N–H and O–H groups in total. The number of rotatable bonds is 7. The molecule has 0 aromatic carbocycles. The van der Waals surface area contributed by atoms with Gasteiger partial charge in [-0.25, -0.2) is 0 Å². The molecule has 1 aliphatic rings. The number of unbranched alkanes of at least 4 members (excludes halogenated alkanes) is 1. The maximum Gasteiger partial charge on any atom is 0.307 e. The van der Waals surface area contributed by atoms with Crippen LogP contribution in [0.15, 0.2) is 0 Å². The van der Waals surface area contributed by atoms with Crippen LogP contribution in [-0.4, -0.2) is 29.4 Å². The van der Waals surface area contributed by atoms with Gasteiger partial charge in [0.05, 0.1) is 11.8 Å². The molecular weight excluding hydrogens is 236 g/mol. The van der Waals surface area contributed by atoms with E-state index in [2.05, 4.69) is 5.32 Å². The topological polar surface area (TPSA) is 109 Å². The van der Waals surface area contributed by atoms with Crippen molar-refractivity contribution in [2.24, 2.45) is 17.6 Å². The molecule has 6 nitrogen and oxygen atoms in total. The molecule has 0 heterocycles. The van der Waals surface area contributed by atoms with E-state index in [4.69, 9.17) is 10.8 Å². The largest absolute Gasteiger partial charge is 0.481 e. The Morgan fingerprint density at radius 2 is 1.83 bits per heavy atom. The summed E-state index contributed by atoms with van der Waals surface area (Å²) in [6, 6.07) is 0. The molecule has 1 rings (SSSR count). The zero-order valence-corrected chi connectivity index (χ0v) is 10.4. The van der Waals surface area contributed by atoms with E-state index >= 15 is 0 Å². The summed E-state index contributed by atoms with van der Waals surface area (Å²) in [6.07, 6.45) is 3.65. The van der Waals surface area contributed by atoms with Crippen molar-refractivity contribution in [2.45, 2.75) is 38.5 Å². The third-order valence-electron chi connectivity index (χ3n) is 3.32. The highest BCUT2D eigenvalue weighted by molar-refractivity contribution is 5.85. The van der Waals surface area contributed by atoms with E-state index in [-0.39, 0.29) is 11.8 Å². The molecule has 1 fully saturated rings. The van der Waals surface area contributed by atoms with Crippen molar-refractivity contribution < 1.29 is 19.5 Å². The van der Waals surface area contributed by atoms with E-state index in [1.54, 1.807) is 0 Å². The fourth-order valence-electron chi connectivity index (χ4n) is 2.34. The summed E-state index contributed by atoms with van der Waals surface area (Å²) in [5.41, 5.74) is 4.99. The molecule has 2 unspecified atom stereocenters. The zero-order chi connectivity index (χ0) is 13.5. The molecule has 0 aromatic rings. The van der Waals surface area contributed by atoms with Crippen LogP contribution in [0.5, 0.6) is 0 Å². The Balaban J connectivity index is 2.24. The Bertz CT molecular complexity index is 330. The third kappa shape index (κ3) is 4.35. The van der Waals surface area contributed by atoms with Crippen LogP contribution >= 0.6 is 0 Å². The molecule has 0 aliphatic heterocycles. The number of nitrogens with one attached hydrogen (secondary N) is 1. The van der Waals surface area contributed by atoms with Crippen molar-refractivity contribution in [3.05, 3.63) is 0 Å². The summed E-state index contributed by atoms with van der Waals surface area (Å²) in [5, 5.41) is 11.7. The van der Waals surface area contributed by atoms with E-state index in [9.17, 15) is 14.4 Å². The van der Waals surface area contributed by atoms with Crippen molar-refractivity contribution in [3.8, 4) is 0 Å². The second-order valence-electron chi connectivity index (χ2n) is 4.70. The lowest BCUT2D eigenvalue weighted by Gasteiger charge is -2.15. The quantitative estimate of drug-likeness (QED) is 0.567. The zero-order valence-electron chi connectivity index (χ0n) is 10.4. The van der Waals surface area contributed by atoms with E-state index in [1.807, 2.05) is 0 Å². The number of carbonyl (C=O) groups is 3. The smallest absolute Gasteiger partial charge is 0.307 e. The van der Waals surface area contributed by atoms with Crippen LogP contribution in [0.1, 0.15) is 38.5 Å². The van der Waals surface area contributed by atoms with Gasteiger partial charge in [-0.05, 0) is 25.7 Å². The first-order valence-corrected chi connectivity index (χ1v) is 6.31. The van der Waals surface area contributed by atoms with Crippen LogP contribution in [0.2, 0.25) is 0 Å². The number of carboxylic acids is 1. The Hall–Kier alpha value is -1.59. The number of primary amides is 1. The van der Waals surface area contributed by atoms with Crippen LogP contribution < -0.4 is 11.1 Å². The van der Waals surface area contributed by atoms with Gasteiger partial charge in [0.1, 0.15) is 0 Å². The lowest BCUT2D eigenvalue weighted by molar-refractivity contribution is -0.146. The summed E-state index contributed by atoms with van der Waals surface area (Å²) in [7, 11) is 0. The van der Waals surface area contributed by atoms with E-state index in [0.29, 0.717) is 38.6 Å². The number of nitrogens with two attached hydrogens (primary N) is 1. The van der Waals surface area contributed by atoms with Gasteiger partial charge in [0.25, 0.3) is 0 Å². The minimum Gasteiger partial charge on any atom is -0.481 e. The molecule has 0 spiro atoms. The molecule has 0 saturated heterocycles. The summed E-state index contributed by atoms with van der Waals surface area (Å²) in [6.45, 7) is 0.467. The molecule has 1 aliphatic carbocycles. The molecule has 6 heteroatoms. The van der Waals surface area contributed by atoms with Gasteiger partial charge in [0.15, 0.2) is 0 Å². The van der Waals surface area contributed by atoms with Crippen molar-refractivity contribution >= 4 is 17.8 Å².